The zero-order valence-electron chi connectivity index (χ0n) is 20.1. The molecule has 0 saturated carbocycles. The van der Waals surface area contributed by atoms with Crippen molar-refractivity contribution < 1.29 is 17.9 Å². The molecule has 0 bridgehead atoms. The monoisotopic (exact) mass is 538 g/mol. The number of fused-ring (bicyclic) bond motifs is 1. The first-order valence-electron chi connectivity index (χ1n) is 11.7. The number of pyridine rings is 1. The number of aromatic nitrogens is 1. The van der Waals surface area contributed by atoms with Crippen LogP contribution in [0.15, 0.2) is 90.0 Å². The van der Waals surface area contributed by atoms with Gasteiger partial charge in [0.05, 0.1) is 10.4 Å². The van der Waals surface area contributed by atoms with Crippen molar-refractivity contribution in [3.05, 3.63) is 95.6 Å². The third-order valence-electron chi connectivity index (χ3n) is 5.60. The average molecular weight is 539 g/mol. The fourth-order valence-electron chi connectivity index (χ4n) is 3.70. The molecule has 0 radical (unpaired) electrons. The van der Waals surface area contributed by atoms with Crippen LogP contribution in [-0.4, -0.2) is 39.0 Å². The summed E-state index contributed by atoms with van der Waals surface area (Å²) in [5, 5.41) is 7.62. The summed E-state index contributed by atoms with van der Waals surface area (Å²) in [6.07, 6.45) is 1.70. The first-order chi connectivity index (χ1) is 17.8. The van der Waals surface area contributed by atoms with Gasteiger partial charge < -0.3 is 15.4 Å². The molecule has 192 valence electrons. The third kappa shape index (κ3) is 7.19. The minimum atomic E-state index is -3.71. The minimum absolute atomic E-state index is 0.115. The molecule has 0 aliphatic heterocycles. The standard InChI is InChI=1S/C27H27ClN4O4S/c1-19(20-5-3-2-4-6-20)32-37(34,35)23-10-8-22(9-11-23)36-18-27(33)31-16-15-30-25-13-14-29-26-17-21(28)7-12-24(25)26/h2-14,17,19,32H,15-16,18H2,1H3,(H,29,30)(H,31,33). The van der Waals surface area contributed by atoms with Crippen molar-refractivity contribution in [2.45, 2.75) is 17.9 Å². The number of amides is 1. The van der Waals surface area contributed by atoms with Gasteiger partial charge in [-0.15, -0.1) is 0 Å². The fourth-order valence-corrected chi connectivity index (χ4v) is 5.10. The zero-order valence-corrected chi connectivity index (χ0v) is 21.7. The Bertz CT molecular complexity index is 1470. The van der Waals surface area contributed by atoms with Gasteiger partial charge in [-0.25, -0.2) is 13.1 Å². The zero-order chi connectivity index (χ0) is 26.3. The summed E-state index contributed by atoms with van der Waals surface area (Å²) in [7, 11) is -3.71. The van der Waals surface area contributed by atoms with Gasteiger partial charge in [0, 0.05) is 41.4 Å². The van der Waals surface area contributed by atoms with Crippen LogP contribution in [0.4, 0.5) is 5.69 Å². The van der Waals surface area contributed by atoms with Gasteiger partial charge in [0.15, 0.2) is 6.61 Å². The maximum atomic E-state index is 12.7. The molecule has 1 atom stereocenters. The van der Waals surface area contributed by atoms with E-state index in [9.17, 15) is 13.2 Å². The number of benzene rings is 3. The molecule has 0 spiro atoms. The van der Waals surface area contributed by atoms with E-state index < -0.39 is 10.0 Å². The second-order valence-corrected chi connectivity index (χ2v) is 10.5. The summed E-state index contributed by atoms with van der Waals surface area (Å²) < 4.78 is 33.6. The number of hydrogen-bond acceptors (Lipinski definition) is 6. The number of sulfonamides is 1. The Morgan fingerprint density at radius 1 is 1.00 bits per heavy atom. The van der Waals surface area contributed by atoms with Crippen LogP contribution in [0.2, 0.25) is 5.02 Å². The van der Waals surface area contributed by atoms with Crippen LogP contribution in [0.5, 0.6) is 5.75 Å². The maximum absolute atomic E-state index is 12.7. The first kappa shape index (κ1) is 26.4. The van der Waals surface area contributed by atoms with Crippen molar-refractivity contribution in [1.82, 2.24) is 15.0 Å². The third-order valence-corrected chi connectivity index (χ3v) is 7.39. The fraction of sp³-hybridized carbons (Fsp3) is 0.185. The number of nitrogens with zero attached hydrogens (tertiary/aromatic N) is 1. The van der Waals surface area contributed by atoms with Gasteiger partial charge in [0.2, 0.25) is 10.0 Å². The molecule has 0 saturated heterocycles. The van der Waals surface area contributed by atoms with Gasteiger partial charge in [-0.1, -0.05) is 41.9 Å². The lowest BCUT2D eigenvalue weighted by molar-refractivity contribution is -0.123. The molecule has 0 fully saturated rings. The lowest BCUT2D eigenvalue weighted by Gasteiger charge is -2.15. The van der Waals surface area contributed by atoms with E-state index in [1.807, 2.05) is 42.5 Å². The number of hydrogen-bond donors (Lipinski definition) is 3. The van der Waals surface area contributed by atoms with E-state index in [-0.39, 0.29) is 23.5 Å². The smallest absolute Gasteiger partial charge is 0.258 e. The van der Waals surface area contributed by atoms with Gasteiger partial charge in [0.25, 0.3) is 5.91 Å². The molecule has 1 heterocycles. The highest BCUT2D eigenvalue weighted by Gasteiger charge is 2.18. The molecular weight excluding hydrogens is 512 g/mol. The number of anilines is 1. The Kier molecular flexibility index (Phi) is 8.60. The normalized spacial score (nSPS) is 12.2. The van der Waals surface area contributed by atoms with Crippen molar-refractivity contribution in [3.63, 3.8) is 0 Å². The number of rotatable bonds is 11. The van der Waals surface area contributed by atoms with E-state index in [1.165, 1.54) is 24.3 Å². The van der Waals surface area contributed by atoms with Crippen LogP contribution >= 0.6 is 11.6 Å². The summed E-state index contributed by atoms with van der Waals surface area (Å²) >= 11 is 6.02. The maximum Gasteiger partial charge on any atom is 0.258 e. The van der Waals surface area contributed by atoms with E-state index in [2.05, 4.69) is 20.3 Å². The Labute approximate surface area is 221 Å². The Morgan fingerprint density at radius 2 is 1.76 bits per heavy atom. The number of carbonyl (C=O) groups excluding carboxylic acids is 1. The van der Waals surface area contributed by atoms with Crippen LogP contribution < -0.4 is 20.1 Å². The van der Waals surface area contributed by atoms with Crippen LogP contribution in [0, 0.1) is 0 Å². The number of nitrogens with one attached hydrogen (secondary N) is 3. The molecular formula is C27H27ClN4O4S. The summed E-state index contributed by atoms with van der Waals surface area (Å²) in [5.41, 5.74) is 2.55. The molecule has 1 unspecified atom stereocenters. The topological polar surface area (TPSA) is 109 Å². The molecule has 1 aromatic heterocycles. The van der Waals surface area contributed by atoms with Crippen molar-refractivity contribution in [2.75, 3.05) is 25.0 Å². The van der Waals surface area contributed by atoms with E-state index in [4.69, 9.17) is 16.3 Å². The lowest BCUT2D eigenvalue weighted by Crippen LogP contribution is -2.32. The highest BCUT2D eigenvalue weighted by atomic mass is 35.5. The SMILES string of the molecule is CC(NS(=O)(=O)c1ccc(OCC(=O)NCCNc2ccnc3cc(Cl)ccc23)cc1)c1ccccc1. The van der Waals surface area contributed by atoms with Crippen molar-refractivity contribution in [3.8, 4) is 5.75 Å². The predicted octanol–water partition coefficient (Wildman–Crippen LogP) is 4.53. The van der Waals surface area contributed by atoms with Gasteiger partial charge in [-0.2, -0.15) is 0 Å². The lowest BCUT2D eigenvalue weighted by atomic mass is 10.1. The van der Waals surface area contributed by atoms with E-state index in [1.54, 1.807) is 25.3 Å². The second-order valence-electron chi connectivity index (χ2n) is 8.31. The quantitative estimate of drug-likeness (QED) is 0.242. The average Bonchev–Trinajstić information content (AvgIpc) is 2.90. The van der Waals surface area contributed by atoms with Gasteiger partial charge in [0.1, 0.15) is 5.75 Å². The molecule has 3 aromatic carbocycles. The van der Waals surface area contributed by atoms with Crippen molar-refractivity contribution in [1.29, 1.82) is 0 Å². The molecule has 37 heavy (non-hydrogen) atoms. The van der Waals surface area contributed by atoms with Crippen LogP contribution in [-0.2, 0) is 14.8 Å². The molecule has 0 aliphatic rings. The molecule has 0 aliphatic carbocycles. The van der Waals surface area contributed by atoms with Crippen LogP contribution in [0.1, 0.15) is 18.5 Å². The molecule has 10 heteroatoms. The van der Waals surface area contributed by atoms with E-state index in [0.717, 1.165) is 22.2 Å². The van der Waals surface area contributed by atoms with Crippen LogP contribution in [0.25, 0.3) is 10.9 Å². The first-order valence-corrected chi connectivity index (χ1v) is 13.5. The van der Waals surface area contributed by atoms with Crippen LogP contribution in [0.3, 0.4) is 0 Å². The number of halogens is 1. The van der Waals surface area contributed by atoms with E-state index >= 15 is 0 Å². The summed E-state index contributed by atoms with van der Waals surface area (Å²) in [6, 6.07) is 22.3. The largest absolute Gasteiger partial charge is 0.484 e. The summed E-state index contributed by atoms with van der Waals surface area (Å²) in [6.45, 7) is 2.50. The van der Waals surface area contributed by atoms with E-state index in [0.29, 0.717) is 23.9 Å². The Balaban J connectivity index is 1.22. The summed E-state index contributed by atoms with van der Waals surface area (Å²) in [4.78, 5) is 16.6. The predicted molar refractivity (Wildman–Crippen MR) is 145 cm³/mol. The Morgan fingerprint density at radius 3 is 2.51 bits per heavy atom. The molecule has 4 rings (SSSR count). The highest BCUT2D eigenvalue weighted by Crippen LogP contribution is 2.24. The highest BCUT2D eigenvalue weighted by molar-refractivity contribution is 7.89. The summed E-state index contributed by atoms with van der Waals surface area (Å²) in [5.74, 6) is 0.105. The molecule has 1 amide bonds. The number of ether oxygens (including phenoxy) is 1. The van der Waals surface area contributed by atoms with Gasteiger partial charge in [-0.3, -0.25) is 9.78 Å². The second kappa shape index (κ2) is 12.1. The molecule has 3 N–H and O–H groups in total. The van der Waals surface area contributed by atoms with Crippen molar-refractivity contribution in [2.24, 2.45) is 0 Å². The van der Waals surface area contributed by atoms with Crippen molar-refractivity contribution >= 4 is 44.1 Å². The van der Waals surface area contributed by atoms with Gasteiger partial charge >= 0.3 is 0 Å². The molecule has 4 aromatic rings. The number of carbonyl (C=O) groups is 1. The van der Waals surface area contributed by atoms with Gasteiger partial charge in [-0.05, 0) is 61.0 Å². The molecule has 8 nitrogen and oxygen atoms in total. The Hall–Kier alpha value is -3.66. The minimum Gasteiger partial charge on any atom is -0.484 e.